The van der Waals surface area contributed by atoms with Crippen molar-refractivity contribution >= 4 is 33.5 Å². The van der Waals surface area contributed by atoms with Crippen LogP contribution in [-0.4, -0.2) is 18.7 Å². The average Bonchev–Trinajstić information content (AvgIpc) is 2.32. The Hall–Kier alpha value is -0.740. The summed E-state index contributed by atoms with van der Waals surface area (Å²) in [7, 11) is 0. The summed E-state index contributed by atoms with van der Waals surface area (Å²) >= 11 is 9.20. The van der Waals surface area contributed by atoms with Gasteiger partial charge in [-0.25, -0.2) is 4.79 Å². The van der Waals surface area contributed by atoms with Crippen LogP contribution >= 0.6 is 27.5 Å². The Labute approximate surface area is 121 Å². The summed E-state index contributed by atoms with van der Waals surface area (Å²) < 4.78 is 11.4. The lowest BCUT2D eigenvalue weighted by Gasteiger charge is -2.18. The lowest BCUT2D eigenvalue weighted by atomic mass is 10.2. The molecule has 0 amide bonds. The Morgan fingerprint density at radius 3 is 2.72 bits per heavy atom. The van der Waals surface area contributed by atoms with E-state index in [0.29, 0.717) is 23.8 Å². The van der Waals surface area contributed by atoms with Crippen molar-refractivity contribution in [1.82, 2.24) is 0 Å². The van der Waals surface area contributed by atoms with Crippen LogP contribution in [-0.2, 0) is 9.53 Å². The van der Waals surface area contributed by atoms with Gasteiger partial charge in [0.1, 0.15) is 5.75 Å². The molecular formula is C13H16BrClO3. The molecule has 0 fully saturated rings. The van der Waals surface area contributed by atoms with Crippen LogP contribution < -0.4 is 4.74 Å². The molecule has 18 heavy (non-hydrogen) atoms. The van der Waals surface area contributed by atoms with Gasteiger partial charge in [0.15, 0.2) is 6.10 Å². The van der Waals surface area contributed by atoms with Gasteiger partial charge in [-0.3, -0.25) is 0 Å². The Morgan fingerprint density at radius 2 is 2.17 bits per heavy atom. The molecule has 100 valence electrons. The molecule has 5 heteroatoms. The third-order valence-corrected chi connectivity index (χ3v) is 3.12. The summed E-state index contributed by atoms with van der Waals surface area (Å²) in [6.07, 6.45) is 0.884. The van der Waals surface area contributed by atoms with E-state index in [-0.39, 0.29) is 5.97 Å². The quantitative estimate of drug-likeness (QED) is 0.730. The lowest BCUT2D eigenvalue weighted by molar-refractivity contribution is -0.151. The Morgan fingerprint density at radius 1 is 1.44 bits per heavy atom. The van der Waals surface area contributed by atoms with Gasteiger partial charge in [-0.05, 0) is 47.5 Å². The zero-order valence-corrected chi connectivity index (χ0v) is 12.8. The van der Waals surface area contributed by atoms with Gasteiger partial charge in [-0.1, -0.05) is 24.9 Å². The van der Waals surface area contributed by atoms with Crippen molar-refractivity contribution in [3.63, 3.8) is 0 Å². The van der Waals surface area contributed by atoms with E-state index in [4.69, 9.17) is 21.1 Å². The fourth-order valence-corrected chi connectivity index (χ4v) is 2.22. The van der Waals surface area contributed by atoms with Crippen molar-refractivity contribution in [2.24, 2.45) is 0 Å². The van der Waals surface area contributed by atoms with Crippen molar-refractivity contribution in [2.75, 3.05) is 6.61 Å². The molecule has 0 aliphatic rings. The van der Waals surface area contributed by atoms with E-state index < -0.39 is 6.10 Å². The minimum absolute atomic E-state index is 0.332. The molecular weight excluding hydrogens is 319 g/mol. The molecule has 0 aliphatic carbocycles. The first-order valence-electron chi connectivity index (χ1n) is 5.86. The number of ether oxygens (including phenoxy) is 2. The molecule has 0 N–H and O–H groups in total. The Kier molecular flexibility index (Phi) is 6.50. The summed E-state index contributed by atoms with van der Waals surface area (Å²) in [6.45, 7) is 4.12. The highest BCUT2D eigenvalue weighted by molar-refractivity contribution is 9.10. The molecule has 0 aliphatic heterocycles. The molecule has 1 rings (SSSR count). The Bertz CT molecular complexity index is 409. The van der Waals surface area contributed by atoms with Crippen molar-refractivity contribution in [3.05, 3.63) is 27.7 Å². The SMILES string of the molecule is CCCC(Oc1ccc(Cl)cc1Br)C(=O)OCC. The average molecular weight is 336 g/mol. The van der Waals surface area contributed by atoms with Gasteiger partial charge in [-0.15, -0.1) is 0 Å². The van der Waals surface area contributed by atoms with Gasteiger partial charge < -0.3 is 9.47 Å². The molecule has 0 saturated carbocycles. The van der Waals surface area contributed by atoms with Crippen molar-refractivity contribution < 1.29 is 14.3 Å². The number of esters is 1. The number of halogens is 2. The highest BCUT2D eigenvalue weighted by Gasteiger charge is 2.21. The third-order valence-electron chi connectivity index (χ3n) is 2.26. The first kappa shape index (κ1) is 15.3. The van der Waals surface area contributed by atoms with Crippen LogP contribution in [0.3, 0.4) is 0 Å². The lowest BCUT2D eigenvalue weighted by Crippen LogP contribution is -2.29. The molecule has 3 nitrogen and oxygen atoms in total. The number of carbonyl (C=O) groups is 1. The first-order valence-corrected chi connectivity index (χ1v) is 7.03. The fraction of sp³-hybridized carbons (Fsp3) is 0.462. The number of hydrogen-bond acceptors (Lipinski definition) is 3. The minimum atomic E-state index is -0.576. The highest BCUT2D eigenvalue weighted by atomic mass is 79.9. The van der Waals surface area contributed by atoms with E-state index in [9.17, 15) is 4.79 Å². The van der Waals surface area contributed by atoms with E-state index in [1.807, 2.05) is 6.92 Å². The van der Waals surface area contributed by atoms with Gasteiger partial charge in [0.2, 0.25) is 0 Å². The van der Waals surface area contributed by atoms with Crippen LogP contribution in [0.25, 0.3) is 0 Å². The third kappa shape index (κ3) is 4.50. The zero-order chi connectivity index (χ0) is 13.5. The summed E-state index contributed by atoms with van der Waals surface area (Å²) in [5.41, 5.74) is 0. The van der Waals surface area contributed by atoms with Crippen molar-refractivity contribution in [1.29, 1.82) is 0 Å². The summed E-state index contributed by atoms with van der Waals surface area (Å²) in [5, 5.41) is 0.609. The largest absolute Gasteiger partial charge is 0.478 e. The smallest absolute Gasteiger partial charge is 0.347 e. The highest BCUT2D eigenvalue weighted by Crippen LogP contribution is 2.29. The van der Waals surface area contributed by atoms with Crippen LogP contribution in [0.2, 0.25) is 5.02 Å². The molecule has 1 unspecified atom stereocenters. The monoisotopic (exact) mass is 334 g/mol. The van der Waals surface area contributed by atoms with E-state index in [1.165, 1.54) is 0 Å². The van der Waals surface area contributed by atoms with E-state index >= 15 is 0 Å². The summed E-state index contributed by atoms with van der Waals surface area (Å²) in [5.74, 6) is 0.257. The molecule has 1 aromatic rings. The molecule has 0 heterocycles. The predicted molar refractivity (Wildman–Crippen MR) is 75.1 cm³/mol. The second-order valence-corrected chi connectivity index (χ2v) is 5.01. The van der Waals surface area contributed by atoms with E-state index in [1.54, 1.807) is 25.1 Å². The summed E-state index contributed by atoms with van der Waals surface area (Å²) in [4.78, 5) is 11.7. The van der Waals surface area contributed by atoms with Crippen LogP contribution in [0.4, 0.5) is 0 Å². The molecule has 0 bridgehead atoms. The maximum atomic E-state index is 11.7. The van der Waals surface area contributed by atoms with E-state index in [0.717, 1.165) is 10.9 Å². The summed E-state index contributed by atoms with van der Waals surface area (Å²) in [6, 6.07) is 5.18. The minimum Gasteiger partial charge on any atom is -0.478 e. The molecule has 0 radical (unpaired) electrons. The van der Waals surface area contributed by atoms with Gasteiger partial charge in [0, 0.05) is 5.02 Å². The molecule has 1 aromatic carbocycles. The topological polar surface area (TPSA) is 35.5 Å². The van der Waals surface area contributed by atoms with Gasteiger partial charge in [-0.2, -0.15) is 0 Å². The Balaban J connectivity index is 2.79. The maximum Gasteiger partial charge on any atom is 0.347 e. The number of carbonyl (C=O) groups excluding carboxylic acids is 1. The first-order chi connectivity index (χ1) is 8.58. The second-order valence-electron chi connectivity index (χ2n) is 3.72. The van der Waals surface area contributed by atoms with Crippen molar-refractivity contribution in [2.45, 2.75) is 32.8 Å². The van der Waals surface area contributed by atoms with Crippen LogP contribution in [0.15, 0.2) is 22.7 Å². The standard InChI is InChI=1S/C13H16BrClO3/c1-3-5-12(13(16)17-4-2)18-11-7-6-9(15)8-10(11)14/h6-8,12H,3-5H2,1-2H3. The van der Waals surface area contributed by atoms with Gasteiger partial charge >= 0.3 is 5.97 Å². The van der Waals surface area contributed by atoms with Gasteiger partial charge in [0.25, 0.3) is 0 Å². The molecule has 0 spiro atoms. The molecule has 0 saturated heterocycles. The zero-order valence-electron chi connectivity index (χ0n) is 10.4. The van der Waals surface area contributed by atoms with Gasteiger partial charge in [0.05, 0.1) is 11.1 Å². The fourth-order valence-electron chi connectivity index (χ4n) is 1.45. The van der Waals surface area contributed by atoms with Crippen LogP contribution in [0, 0.1) is 0 Å². The second kappa shape index (κ2) is 7.64. The predicted octanol–water partition coefficient (Wildman–Crippen LogP) is 4.21. The molecule has 1 atom stereocenters. The number of rotatable bonds is 6. The van der Waals surface area contributed by atoms with Crippen molar-refractivity contribution in [3.8, 4) is 5.75 Å². The molecule has 0 aromatic heterocycles. The van der Waals surface area contributed by atoms with Crippen LogP contribution in [0.5, 0.6) is 5.75 Å². The van der Waals surface area contributed by atoms with Crippen LogP contribution in [0.1, 0.15) is 26.7 Å². The van der Waals surface area contributed by atoms with E-state index in [2.05, 4.69) is 15.9 Å². The number of benzene rings is 1. The normalized spacial score (nSPS) is 12.0. The maximum absolute atomic E-state index is 11.7. The number of hydrogen-bond donors (Lipinski definition) is 0.